The van der Waals surface area contributed by atoms with Gasteiger partial charge in [-0.05, 0) is 36.2 Å². The Labute approximate surface area is 172 Å². The summed E-state index contributed by atoms with van der Waals surface area (Å²) in [6.07, 6.45) is -4.33. The first-order valence-corrected chi connectivity index (χ1v) is 10.7. The lowest BCUT2D eigenvalue weighted by molar-refractivity contribution is -0.137. The quantitative estimate of drug-likeness (QED) is 0.665. The van der Waals surface area contributed by atoms with Crippen LogP contribution in [0.2, 0.25) is 0 Å². The molecule has 0 radical (unpaired) electrons. The van der Waals surface area contributed by atoms with E-state index in [1.54, 1.807) is 18.2 Å². The van der Waals surface area contributed by atoms with Crippen LogP contribution in [-0.4, -0.2) is 49.7 Å². The second-order valence-corrected chi connectivity index (χ2v) is 8.84. The van der Waals surface area contributed by atoms with Gasteiger partial charge in [-0.2, -0.15) is 17.5 Å². The number of benzene rings is 2. The summed E-state index contributed by atoms with van der Waals surface area (Å²) in [6.45, 7) is 0.191. The first kappa shape index (κ1) is 22.2. The van der Waals surface area contributed by atoms with Crippen LogP contribution in [0.15, 0.2) is 53.4 Å². The standard InChI is InChI=1S/C20H20F4N2O3S/c21-18-7-2-1-4-15(18)8-9-19(27)25-10-12-26(13-11-25)30(28,29)17-6-3-5-16(14-17)20(22,23)24/h1-7,14H,8-13H2. The van der Waals surface area contributed by atoms with Crippen molar-refractivity contribution >= 4 is 15.9 Å². The molecule has 1 amide bonds. The Morgan fingerprint density at radius 1 is 0.967 bits per heavy atom. The van der Waals surface area contributed by atoms with Crippen LogP contribution < -0.4 is 0 Å². The van der Waals surface area contributed by atoms with Crippen molar-refractivity contribution in [1.82, 2.24) is 9.21 Å². The Morgan fingerprint density at radius 2 is 1.63 bits per heavy atom. The number of amides is 1. The maximum Gasteiger partial charge on any atom is 0.416 e. The lowest BCUT2D eigenvalue weighted by atomic mass is 10.1. The summed E-state index contributed by atoms with van der Waals surface area (Å²) in [6, 6.07) is 9.76. The van der Waals surface area contributed by atoms with Crippen LogP contribution in [0.1, 0.15) is 17.5 Å². The molecular formula is C20H20F4N2O3S. The van der Waals surface area contributed by atoms with Gasteiger partial charge in [-0.15, -0.1) is 0 Å². The van der Waals surface area contributed by atoms with Crippen molar-refractivity contribution in [3.05, 3.63) is 65.5 Å². The summed E-state index contributed by atoms with van der Waals surface area (Å²) < 4.78 is 78.8. The zero-order valence-electron chi connectivity index (χ0n) is 15.9. The molecule has 0 N–H and O–H groups in total. The van der Waals surface area contributed by atoms with Crippen LogP contribution in [0.4, 0.5) is 17.6 Å². The van der Waals surface area contributed by atoms with Crippen molar-refractivity contribution in [2.45, 2.75) is 23.9 Å². The predicted octanol–water partition coefficient (Wildman–Crippen LogP) is 3.31. The highest BCUT2D eigenvalue weighted by Crippen LogP contribution is 2.31. The van der Waals surface area contributed by atoms with E-state index in [-0.39, 0.29) is 50.7 Å². The predicted molar refractivity (Wildman–Crippen MR) is 102 cm³/mol. The van der Waals surface area contributed by atoms with Crippen molar-refractivity contribution in [3.63, 3.8) is 0 Å². The summed E-state index contributed by atoms with van der Waals surface area (Å²) in [5.74, 6) is -0.614. The maximum absolute atomic E-state index is 13.7. The van der Waals surface area contributed by atoms with Gasteiger partial charge in [0.15, 0.2) is 0 Å². The average molecular weight is 444 g/mol. The van der Waals surface area contributed by atoms with Gasteiger partial charge in [0.05, 0.1) is 10.5 Å². The molecule has 10 heteroatoms. The smallest absolute Gasteiger partial charge is 0.340 e. The zero-order chi connectivity index (χ0) is 21.9. The van der Waals surface area contributed by atoms with E-state index in [0.29, 0.717) is 11.6 Å². The van der Waals surface area contributed by atoms with E-state index in [1.807, 2.05) is 0 Å². The molecule has 3 rings (SSSR count). The van der Waals surface area contributed by atoms with Gasteiger partial charge in [0.25, 0.3) is 0 Å². The molecule has 30 heavy (non-hydrogen) atoms. The zero-order valence-corrected chi connectivity index (χ0v) is 16.7. The number of rotatable bonds is 5. The fourth-order valence-corrected chi connectivity index (χ4v) is 4.73. The van der Waals surface area contributed by atoms with Crippen molar-refractivity contribution in [2.24, 2.45) is 0 Å². The topological polar surface area (TPSA) is 57.7 Å². The van der Waals surface area contributed by atoms with E-state index in [2.05, 4.69) is 0 Å². The molecule has 0 saturated carbocycles. The van der Waals surface area contributed by atoms with E-state index in [0.717, 1.165) is 22.5 Å². The molecular weight excluding hydrogens is 424 g/mol. The molecule has 1 aliphatic rings. The molecule has 0 bridgehead atoms. The lowest BCUT2D eigenvalue weighted by Gasteiger charge is -2.34. The molecule has 162 valence electrons. The molecule has 2 aromatic carbocycles. The number of piperazine rings is 1. The maximum atomic E-state index is 13.7. The number of hydrogen-bond donors (Lipinski definition) is 0. The van der Waals surface area contributed by atoms with Crippen LogP contribution in [0, 0.1) is 5.82 Å². The number of sulfonamides is 1. The fraction of sp³-hybridized carbons (Fsp3) is 0.350. The summed E-state index contributed by atoms with van der Waals surface area (Å²) in [5.41, 5.74) is -0.609. The molecule has 1 aliphatic heterocycles. The van der Waals surface area contributed by atoms with Gasteiger partial charge in [0, 0.05) is 32.6 Å². The van der Waals surface area contributed by atoms with E-state index in [1.165, 1.54) is 11.0 Å². The summed E-state index contributed by atoms with van der Waals surface area (Å²) in [4.78, 5) is 13.4. The van der Waals surface area contributed by atoms with E-state index < -0.39 is 26.7 Å². The average Bonchev–Trinajstić information content (AvgIpc) is 2.72. The number of hydrogen-bond acceptors (Lipinski definition) is 3. The molecule has 5 nitrogen and oxygen atoms in total. The van der Waals surface area contributed by atoms with Crippen molar-refractivity contribution < 1.29 is 30.8 Å². The monoisotopic (exact) mass is 444 g/mol. The number of carbonyl (C=O) groups is 1. The molecule has 2 aromatic rings. The minimum Gasteiger partial charge on any atom is -0.340 e. The molecule has 1 saturated heterocycles. The fourth-order valence-electron chi connectivity index (χ4n) is 3.26. The van der Waals surface area contributed by atoms with Gasteiger partial charge in [-0.1, -0.05) is 24.3 Å². The summed E-state index contributed by atoms with van der Waals surface area (Å²) in [7, 11) is -4.11. The van der Waals surface area contributed by atoms with Gasteiger partial charge in [0.1, 0.15) is 5.82 Å². The number of aryl methyl sites for hydroxylation is 1. The Hall–Kier alpha value is -2.46. The second kappa shape index (κ2) is 8.73. The highest BCUT2D eigenvalue weighted by atomic mass is 32.2. The Balaban J connectivity index is 1.61. The molecule has 0 spiro atoms. The molecule has 0 aliphatic carbocycles. The Morgan fingerprint density at radius 3 is 2.27 bits per heavy atom. The minimum absolute atomic E-state index is 0.0238. The number of carbonyl (C=O) groups excluding carboxylic acids is 1. The highest BCUT2D eigenvalue weighted by Gasteiger charge is 2.34. The summed E-state index contributed by atoms with van der Waals surface area (Å²) in [5, 5.41) is 0. The largest absolute Gasteiger partial charge is 0.416 e. The van der Waals surface area contributed by atoms with E-state index >= 15 is 0 Å². The number of nitrogens with zero attached hydrogens (tertiary/aromatic N) is 2. The Kier molecular flexibility index (Phi) is 6.47. The third kappa shape index (κ3) is 4.99. The Bertz CT molecular complexity index is 1020. The van der Waals surface area contributed by atoms with Crippen LogP contribution in [0.5, 0.6) is 0 Å². The molecule has 0 atom stereocenters. The minimum atomic E-state index is -4.64. The van der Waals surface area contributed by atoms with Gasteiger partial charge in [0.2, 0.25) is 15.9 Å². The van der Waals surface area contributed by atoms with Gasteiger partial charge < -0.3 is 4.90 Å². The second-order valence-electron chi connectivity index (χ2n) is 6.90. The van der Waals surface area contributed by atoms with E-state index in [9.17, 15) is 30.8 Å². The summed E-state index contributed by atoms with van der Waals surface area (Å²) >= 11 is 0. The number of alkyl halides is 3. The van der Waals surface area contributed by atoms with E-state index in [4.69, 9.17) is 0 Å². The third-order valence-corrected chi connectivity index (χ3v) is 6.85. The SMILES string of the molecule is O=C(CCc1ccccc1F)N1CCN(S(=O)(=O)c2cccc(C(F)(F)F)c2)CC1. The highest BCUT2D eigenvalue weighted by molar-refractivity contribution is 7.89. The van der Waals surface area contributed by atoms with Gasteiger partial charge in [-0.3, -0.25) is 4.79 Å². The first-order valence-electron chi connectivity index (χ1n) is 9.27. The van der Waals surface area contributed by atoms with Crippen molar-refractivity contribution in [3.8, 4) is 0 Å². The number of halogens is 4. The molecule has 1 fully saturated rings. The molecule has 1 heterocycles. The van der Waals surface area contributed by atoms with Crippen LogP contribution in [-0.2, 0) is 27.4 Å². The van der Waals surface area contributed by atoms with Gasteiger partial charge >= 0.3 is 6.18 Å². The van der Waals surface area contributed by atoms with Gasteiger partial charge in [-0.25, -0.2) is 12.8 Å². The van der Waals surface area contributed by atoms with Crippen LogP contribution in [0.25, 0.3) is 0 Å². The lowest BCUT2D eigenvalue weighted by Crippen LogP contribution is -2.50. The van der Waals surface area contributed by atoms with Crippen LogP contribution in [0.3, 0.4) is 0 Å². The normalized spacial score (nSPS) is 15.9. The van der Waals surface area contributed by atoms with Crippen LogP contribution >= 0.6 is 0 Å². The first-order chi connectivity index (χ1) is 14.1. The van der Waals surface area contributed by atoms with Crippen molar-refractivity contribution in [2.75, 3.05) is 26.2 Å². The third-order valence-electron chi connectivity index (χ3n) is 4.96. The van der Waals surface area contributed by atoms with Crippen molar-refractivity contribution in [1.29, 1.82) is 0 Å². The molecule has 0 unspecified atom stereocenters. The molecule has 0 aromatic heterocycles.